The van der Waals surface area contributed by atoms with Crippen molar-refractivity contribution in [2.75, 3.05) is 25.6 Å². The maximum Gasteiger partial charge on any atom is 0.396 e. The van der Waals surface area contributed by atoms with Crippen LogP contribution >= 0.6 is 7.60 Å². The van der Waals surface area contributed by atoms with E-state index in [9.17, 15) is 9.67 Å². The number of fused-ring (bicyclic) bond motifs is 1. The third-order valence-electron chi connectivity index (χ3n) is 5.27. The van der Waals surface area contributed by atoms with Crippen molar-refractivity contribution < 1.29 is 27.5 Å². The van der Waals surface area contributed by atoms with Crippen molar-refractivity contribution in [2.45, 2.75) is 53.4 Å². The van der Waals surface area contributed by atoms with Gasteiger partial charge in [-0.3, -0.25) is 4.57 Å². The number of aromatic amines is 1. The molecule has 0 saturated heterocycles. The van der Waals surface area contributed by atoms with E-state index in [2.05, 4.69) is 9.97 Å². The van der Waals surface area contributed by atoms with Gasteiger partial charge in [0.2, 0.25) is 5.50 Å². The summed E-state index contributed by atoms with van der Waals surface area (Å²) in [7, 11) is -3.59. The summed E-state index contributed by atoms with van der Waals surface area (Å²) in [5, 5.41) is 9.20. The number of nitrogen functional groups attached to an aromatic ring is 1. The number of hydrogen-bond donors (Lipinski definition) is 3. The number of aliphatic hydroxyl groups excluding tert-OH is 1. The van der Waals surface area contributed by atoms with Gasteiger partial charge in [0.25, 0.3) is 0 Å². The third kappa shape index (κ3) is 5.32. The predicted octanol–water partition coefficient (Wildman–Crippen LogP) is 4.95. The molecule has 0 atom stereocenters. The first-order valence-electron chi connectivity index (χ1n) is 11.3. The van der Waals surface area contributed by atoms with Gasteiger partial charge in [-0.25, -0.2) is 9.37 Å². The number of halogens is 1. The lowest BCUT2D eigenvalue weighted by Crippen LogP contribution is -2.08. The average Bonchev–Trinajstić information content (AvgIpc) is 3.42. The summed E-state index contributed by atoms with van der Waals surface area (Å²) in [6.07, 6.45) is 2.39. The molecule has 0 fully saturated rings. The molecule has 2 heterocycles. The van der Waals surface area contributed by atoms with E-state index in [4.69, 9.17) is 19.2 Å². The van der Waals surface area contributed by atoms with Gasteiger partial charge < -0.3 is 29.3 Å². The van der Waals surface area contributed by atoms with Crippen molar-refractivity contribution in [3.05, 3.63) is 29.1 Å². The molecule has 182 valence electrons. The number of aryl methyl sites for hydroxylation is 1. The fraction of sp³-hybridized carbons (Fsp3) is 0.522. The quantitative estimate of drug-likeness (QED) is 0.190. The van der Waals surface area contributed by atoms with Gasteiger partial charge in [-0.2, -0.15) is 0 Å². The number of hydrogen-bond acceptors (Lipinski definition) is 7. The van der Waals surface area contributed by atoms with Gasteiger partial charge in [0.1, 0.15) is 0 Å². The minimum Gasteiger partial charge on any atom is -0.445 e. The Bertz CT molecular complexity index is 1130. The molecule has 10 heteroatoms. The number of anilines is 1. The molecular weight excluding hydrogens is 448 g/mol. The molecule has 3 aromatic rings. The van der Waals surface area contributed by atoms with E-state index >= 15 is 4.39 Å². The summed E-state index contributed by atoms with van der Waals surface area (Å²) in [5.41, 5.74) is 8.55. The Morgan fingerprint density at radius 2 is 1.91 bits per heavy atom. The molecule has 1 aromatic carbocycles. The molecule has 2 aromatic heterocycles. The first kappa shape index (κ1) is 25.4. The zero-order chi connectivity index (χ0) is 24.2. The van der Waals surface area contributed by atoms with Crippen LogP contribution in [0.4, 0.5) is 10.1 Å². The van der Waals surface area contributed by atoms with Crippen LogP contribution in [-0.2, 0) is 26.5 Å². The number of imidazole rings is 1. The number of benzene rings is 1. The predicted molar refractivity (Wildman–Crippen MR) is 127 cm³/mol. The Kier molecular flexibility index (Phi) is 8.34. The molecule has 0 aliphatic heterocycles. The van der Waals surface area contributed by atoms with Crippen LogP contribution in [0.2, 0.25) is 0 Å². The Hall–Kier alpha value is -2.19. The third-order valence-corrected chi connectivity index (χ3v) is 7.24. The van der Waals surface area contributed by atoms with Crippen molar-refractivity contribution in [3.63, 3.8) is 0 Å². The summed E-state index contributed by atoms with van der Waals surface area (Å²) < 4.78 is 44.8. The largest absolute Gasteiger partial charge is 0.445 e. The van der Waals surface area contributed by atoms with Crippen LogP contribution in [-0.4, -0.2) is 34.9 Å². The number of unbranched alkanes of at least 4 members (excludes halogenated alkanes) is 1. The number of H-pyrrole nitrogens is 1. The molecule has 0 spiro atoms. The van der Waals surface area contributed by atoms with Crippen molar-refractivity contribution in [3.8, 4) is 11.6 Å². The first-order valence-corrected chi connectivity index (χ1v) is 12.9. The second-order valence-electron chi connectivity index (χ2n) is 8.24. The molecular formula is C23H33FN3O5P. The van der Waals surface area contributed by atoms with Crippen LogP contribution < -0.4 is 11.2 Å². The van der Waals surface area contributed by atoms with E-state index in [-0.39, 0.29) is 36.9 Å². The topological polar surface area (TPSA) is 124 Å². The Balaban J connectivity index is 2.11. The molecule has 0 unspecified atom stereocenters. The van der Waals surface area contributed by atoms with Gasteiger partial charge in [0.15, 0.2) is 17.4 Å². The number of nitrogens with zero attached hydrogens (tertiary/aromatic N) is 1. The highest BCUT2D eigenvalue weighted by Crippen LogP contribution is 2.47. The molecule has 0 bridgehead atoms. The molecule has 0 aliphatic rings. The second kappa shape index (κ2) is 10.8. The molecule has 33 heavy (non-hydrogen) atoms. The molecule has 4 N–H and O–H groups in total. The van der Waals surface area contributed by atoms with E-state index in [0.717, 1.165) is 5.56 Å². The van der Waals surface area contributed by atoms with Crippen molar-refractivity contribution >= 4 is 29.8 Å². The smallest absolute Gasteiger partial charge is 0.396 e. The zero-order valence-electron chi connectivity index (χ0n) is 19.6. The first-order chi connectivity index (χ1) is 15.8. The molecule has 0 saturated carbocycles. The SMILES string of the molecule is CCOP(=O)(OCC)c1ccc(-c2nc3c(CCCCO)c(CC(C)C)c(F)c(N)c3[nH]2)o1. The minimum atomic E-state index is -3.59. The maximum atomic E-state index is 15.3. The van der Waals surface area contributed by atoms with E-state index in [0.29, 0.717) is 53.9 Å². The summed E-state index contributed by atoms with van der Waals surface area (Å²) >= 11 is 0. The van der Waals surface area contributed by atoms with Crippen LogP contribution in [0, 0.1) is 11.7 Å². The monoisotopic (exact) mass is 481 g/mol. The van der Waals surface area contributed by atoms with E-state index in [1.807, 2.05) is 13.8 Å². The standard InChI is InChI=1S/C23H33FN3O5P/c1-5-30-33(29,31-6-2)18-11-10-17(32-18)23-26-21-15(9-7-8-12-28)16(13-14(3)4)19(24)20(25)22(21)27-23/h10-11,14,28H,5-9,12-13,25H2,1-4H3,(H,26,27). The van der Waals surface area contributed by atoms with Crippen LogP contribution in [0.3, 0.4) is 0 Å². The lowest BCUT2D eigenvalue weighted by atomic mass is 9.92. The molecule has 0 aliphatic carbocycles. The van der Waals surface area contributed by atoms with Gasteiger partial charge >= 0.3 is 7.60 Å². The number of aliphatic hydroxyl groups is 1. The van der Waals surface area contributed by atoms with Crippen LogP contribution in [0.5, 0.6) is 0 Å². The van der Waals surface area contributed by atoms with Crippen LogP contribution in [0.1, 0.15) is 51.7 Å². The number of nitrogens with one attached hydrogen (secondary N) is 1. The minimum absolute atomic E-state index is 0.00592. The Labute approximate surface area is 193 Å². The average molecular weight is 482 g/mol. The number of furan rings is 1. The highest BCUT2D eigenvalue weighted by molar-refractivity contribution is 7.61. The van der Waals surface area contributed by atoms with Crippen LogP contribution in [0.15, 0.2) is 16.5 Å². The molecule has 3 rings (SSSR count). The second-order valence-corrected chi connectivity index (χ2v) is 10.2. The molecule has 0 amide bonds. The number of nitrogens with two attached hydrogens (primary N) is 1. The highest BCUT2D eigenvalue weighted by atomic mass is 31.2. The Morgan fingerprint density at radius 3 is 2.52 bits per heavy atom. The maximum absolute atomic E-state index is 15.3. The summed E-state index contributed by atoms with van der Waals surface area (Å²) in [5.74, 6) is 0.437. The Morgan fingerprint density at radius 1 is 1.21 bits per heavy atom. The summed E-state index contributed by atoms with van der Waals surface area (Å²) in [6.45, 7) is 7.95. The zero-order valence-corrected chi connectivity index (χ0v) is 20.5. The lowest BCUT2D eigenvalue weighted by molar-refractivity contribution is 0.225. The fourth-order valence-corrected chi connectivity index (χ4v) is 5.34. The van der Waals surface area contributed by atoms with Crippen molar-refractivity contribution in [1.82, 2.24) is 9.97 Å². The van der Waals surface area contributed by atoms with Crippen LogP contribution in [0.25, 0.3) is 22.6 Å². The van der Waals surface area contributed by atoms with E-state index < -0.39 is 13.4 Å². The summed E-state index contributed by atoms with van der Waals surface area (Å²) in [6, 6.07) is 3.15. The van der Waals surface area contributed by atoms with Gasteiger partial charge in [-0.15, -0.1) is 0 Å². The van der Waals surface area contributed by atoms with Gasteiger partial charge in [-0.05, 0) is 68.7 Å². The normalized spacial score (nSPS) is 12.3. The number of rotatable bonds is 12. The van der Waals surface area contributed by atoms with Crippen molar-refractivity contribution in [1.29, 1.82) is 0 Å². The molecule has 8 nitrogen and oxygen atoms in total. The molecule has 0 radical (unpaired) electrons. The van der Waals surface area contributed by atoms with E-state index in [1.165, 1.54) is 6.07 Å². The van der Waals surface area contributed by atoms with Crippen molar-refractivity contribution in [2.24, 2.45) is 5.92 Å². The van der Waals surface area contributed by atoms with Gasteiger partial charge in [-0.1, -0.05) is 13.8 Å². The van der Waals surface area contributed by atoms with Gasteiger partial charge in [0, 0.05) is 6.61 Å². The lowest BCUT2D eigenvalue weighted by Gasteiger charge is -2.15. The summed E-state index contributed by atoms with van der Waals surface area (Å²) in [4.78, 5) is 7.76. The van der Waals surface area contributed by atoms with Gasteiger partial charge in [0.05, 0.1) is 29.9 Å². The fourth-order valence-electron chi connectivity index (χ4n) is 3.86. The van der Waals surface area contributed by atoms with E-state index in [1.54, 1.807) is 19.9 Å². The highest BCUT2D eigenvalue weighted by Gasteiger charge is 2.31. The number of aromatic nitrogens is 2.